The predicted molar refractivity (Wildman–Crippen MR) is 47.2 cm³/mol. The smallest absolute Gasteiger partial charge is 0.344 e. The number of aliphatic carboxylic acids is 1. The molecule has 0 aliphatic heterocycles. The van der Waals surface area contributed by atoms with Crippen molar-refractivity contribution in [3.05, 3.63) is 0 Å². The molecule has 0 aromatic rings. The Morgan fingerprint density at radius 3 is 1.92 bits per heavy atom. The highest BCUT2D eigenvalue weighted by Gasteiger charge is 2.23. The Balaban J connectivity index is 4.08. The first kappa shape index (κ1) is 11.9. The van der Waals surface area contributed by atoms with E-state index in [0.29, 0.717) is 0 Å². The van der Waals surface area contributed by atoms with Crippen LogP contribution in [-0.4, -0.2) is 23.1 Å². The molecule has 76 valence electrons. The first-order valence-electron chi connectivity index (χ1n) is 4.29. The summed E-state index contributed by atoms with van der Waals surface area (Å²) in [6.07, 6.45) is -1.06. The lowest BCUT2D eigenvalue weighted by atomic mass is 9.98. The molecule has 0 spiro atoms. The molecule has 0 unspecified atom stereocenters. The zero-order valence-corrected chi connectivity index (χ0v) is 8.40. The number of ether oxygens (including phenoxy) is 1. The number of hydrogen-bond acceptors (Lipinski definition) is 3. The van der Waals surface area contributed by atoms with Gasteiger partial charge >= 0.3 is 11.9 Å². The number of carboxylic acid groups (broad SMARTS) is 1. The average Bonchev–Trinajstić information content (AvgIpc) is 2.02. The Labute approximate surface area is 77.9 Å². The van der Waals surface area contributed by atoms with Gasteiger partial charge in [-0.25, -0.2) is 4.79 Å². The van der Waals surface area contributed by atoms with Gasteiger partial charge in [0.05, 0.1) is 5.92 Å². The van der Waals surface area contributed by atoms with E-state index in [4.69, 9.17) is 9.84 Å². The Bertz CT molecular complexity index is 198. The first-order valence-corrected chi connectivity index (χ1v) is 4.29. The summed E-state index contributed by atoms with van der Waals surface area (Å²) in [5.74, 6) is -1.68. The topological polar surface area (TPSA) is 63.6 Å². The summed E-state index contributed by atoms with van der Waals surface area (Å²) in [7, 11) is 0. The summed E-state index contributed by atoms with van der Waals surface area (Å²) >= 11 is 0. The Kier molecular flexibility index (Phi) is 4.45. The maximum absolute atomic E-state index is 11.2. The number of rotatable bonds is 4. The standard InChI is InChI=1S/C9H16O4/c1-5(2)6(3)9(12)13-7(4)8(10)11/h5-7H,1-4H3,(H,10,11)/t6-,7-/m0/s1. The van der Waals surface area contributed by atoms with Gasteiger partial charge in [0.25, 0.3) is 0 Å². The van der Waals surface area contributed by atoms with Crippen LogP contribution in [0, 0.1) is 11.8 Å². The third-order valence-electron chi connectivity index (χ3n) is 2.01. The highest BCUT2D eigenvalue weighted by atomic mass is 16.6. The van der Waals surface area contributed by atoms with E-state index in [2.05, 4.69) is 0 Å². The van der Waals surface area contributed by atoms with Crippen LogP contribution in [0.5, 0.6) is 0 Å². The van der Waals surface area contributed by atoms with Crippen LogP contribution in [0.3, 0.4) is 0 Å². The second kappa shape index (κ2) is 4.84. The van der Waals surface area contributed by atoms with Gasteiger partial charge < -0.3 is 9.84 Å². The maximum atomic E-state index is 11.2. The zero-order chi connectivity index (χ0) is 10.6. The number of esters is 1. The van der Waals surface area contributed by atoms with Gasteiger partial charge in [-0.15, -0.1) is 0 Å². The Hall–Kier alpha value is -1.06. The van der Waals surface area contributed by atoms with E-state index < -0.39 is 18.0 Å². The lowest BCUT2D eigenvalue weighted by Gasteiger charge is -2.16. The fourth-order valence-corrected chi connectivity index (χ4v) is 0.604. The minimum atomic E-state index is -1.12. The molecule has 0 heterocycles. The summed E-state index contributed by atoms with van der Waals surface area (Å²) in [5, 5.41) is 8.47. The number of carbonyl (C=O) groups is 2. The molecule has 4 heteroatoms. The van der Waals surface area contributed by atoms with Crippen LogP contribution in [0.15, 0.2) is 0 Å². The highest BCUT2D eigenvalue weighted by Crippen LogP contribution is 2.12. The largest absolute Gasteiger partial charge is 0.479 e. The highest BCUT2D eigenvalue weighted by molar-refractivity contribution is 5.78. The molecule has 0 saturated carbocycles. The molecule has 0 aromatic heterocycles. The predicted octanol–water partition coefficient (Wildman–Crippen LogP) is 1.29. The molecule has 4 nitrogen and oxygen atoms in total. The average molecular weight is 188 g/mol. The Morgan fingerprint density at radius 1 is 1.15 bits per heavy atom. The van der Waals surface area contributed by atoms with Crippen LogP contribution in [0.2, 0.25) is 0 Å². The van der Waals surface area contributed by atoms with Gasteiger partial charge in [0, 0.05) is 0 Å². The van der Waals surface area contributed by atoms with Crippen LogP contribution in [-0.2, 0) is 14.3 Å². The molecule has 0 rings (SSSR count). The van der Waals surface area contributed by atoms with Crippen molar-refractivity contribution in [3.8, 4) is 0 Å². The molecule has 0 saturated heterocycles. The molecular formula is C9H16O4. The fraction of sp³-hybridized carbons (Fsp3) is 0.778. The normalized spacial score (nSPS) is 15.2. The van der Waals surface area contributed by atoms with Crippen molar-refractivity contribution < 1.29 is 19.4 Å². The third-order valence-corrected chi connectivity index (χ3v) is 2.01. The number of hydrogen-bond donors (Lipinski definition) is 1. The van der Waals surface area contributed by atoms with E-state index in [1.54, 1.807) is 6.92 Å². The van der Waals surface area contributed by atoms with E-state index in [1.807, 2.05) is 13.8 Å². The van der Waals surface area contributed by atoms with E-state index in [9.17, 15) is 9.59 Å². The van der Waals surface area contributed by atoms with E-state index in [0.717, 1.165) is 0 Å². The monoisotopic (exact) mass is 188 g/mol. The van der Waals surface area contributed by atoms with Gasteiger partial charge in [0.2, 0.25) is 0 Å². The molecule has 0 aliphatic rings. The van der Waals surface area contributed by atoms with Gasteiger partial charge in [0.1, 0.15) is 0 Å². The maximum Gasteiger partial charge on any atom is 0.344 e. The van der Waals surface area contributed by atoms with Gasteiger partial charge in [-0.3, -0.25) is 4.79 Å². The summed E-state index contributed by atoms with van der Waals surface area (Å²) < 4.78 is 4.70. The lowest BCUT2D eigenvalue weighted by Crippen LogP contribution is -2.28. The van der Waals surface area contributed by atoms with Gasteiger partial charge in [-0.05, 0) is 12.8 Å². The van der Waals surface area contributed by atoms with Gasteiger partial charge in [0.15, 0.2) is 6.10 Å². The van der Waals surface area contributed by atoms with Crippen molar-refractivity contribution in [2.45, 2.75) is 33.8 Å². The number of carbonyl (C=O) groups excluding carboxylic acids is 1. The molecule has 13 heavy (non-hydrogen) atoms. The zero-order valence-electron chi connectivity index (χ0n) is 8.40. The van der Waals surface area contributed by atoms with Crippen LogP contribution in [0.4, 0.5) is 0 Å². The molecule has 0 fully saturated rings. The summed E-state index contributed by atoms with van der Waals surface area (Å²) in [6.45, 7) is 6.84. The van der Waals surface area contributed by atoms with Crippen molar-refractivity contribution in [2.24, 2.45) is 11.8 Å². The van der Waals surface area contributed by atoms with Gasteiger partial charge in [-0.1, -0.05) is 20.8 Å². The minimum Gasteiger partial charge on any atom is -0.479 e. The van der Waals surface area contributed by atoms with Crippen molar-refractivity contribution >= 4 is 11.9 Å². The molecule has 2 atom stereocenters. The molecule has 0 bridgehead atoms. The van der Waals surface area contributed by atoms with Crippen molar-refractivity contribution in [3.63, 3.8) is 0 Å². The first-order chi connectivity index (χ1) is 5.86. The summed E-state index contributed by atoms with van der Waals surface area (Å²) in [4.78, 5) is 21.6. The molecular weight excluding hydrogens is 172 g/mol. The van der Waals surface area contributed by atoms with Crippen molar-refractivity contribution in [1.82, 2.24) is 0 Å². The van der Waals surface area contributed by atoms with Gasteiger partial charge in [-0.2, -0.15) is 0 Å². The molecule has 0 aliphatic carbocycles. The molecule has 0 aromatic carbocycles. The molecule has 1 N–H and O–H groups in total. The van der Waals surface area contributed by atoms with Crippen molar-refractivity contribution in [1.29, 1.82) is 0 Å². The van der Waals surface area contributed by atoms with E-state index in [-0.39, 0.29) is 11.8 Å². The summed E-state index contributed by atoms with van der Waals surface area (Å²) in [5.41, 5.74) is 0. The second-order valence-corrected chi connectivity index (χ2v) is 3.45. The fourth-order valence-electron chi connectivity index (χ4n) is 0.604. The van der Waals surface area contributed by atoms with Crippen LogP contribution in [0.25, 0.3) is 0 Å². The van der Waals surface area contributed by atoms with Crippen LogP contribution in [0.1, 0.15) is 27.7 Å². The summed E-state index contributed by atoms with van der Waals surface area (Å²) in [6, 6.07) is 0. The Morgan fingerprint density at radius 2 is 1.62 bits per heavy atom. The van der Waals surface area contributed by atoms with Crippen LogP contribution >= 0.6 is 0 Å². The molecule has 0 amide bonds. The van der Waals surface area contributed by atoms with Crippen LogP contribution < -0.4 is 0 Å². The van der Waals surface area contributed by atoms with E-state index >= 15 is 0 Å². The minimum absolute atomic E-state index is 0.161. The number of carboxylic acids is 1. The molecule has 0 radical (unpaired) electrons. The van der Waals surface area contributed by atoms with E-state index in [1.165, 1.54) is 6.92 Å². The van der Waals surface area contributed by atoms with Crippen molar-refractivity contribution in [2.75, 3.05) is 0 Å². The third kappa shape index (κ3) is 3.92. The SMILES string of the molecule is CC(C)[C@H](C)C(=O)O[C@@H](C)C(=O)O. The second-order valence-electron chi connectivity index (χ2n) is 3.45. The lowest BCUT2D eigenvalue weighted by molar-refractivity contribution is -0.166. The quantitative estimate of drug-likeness (QED) is 0.675.